The third kappa shape index (κ3) is 4.50. The van der Waals surface area contributed by atoms with Crippen LogP contribution in [0.1, 0.15) is 28.2 Å². The maximum atomic E-state index is 13.9. The average Bonchev–Trinajstić information content (AvgIpc) is 3.09. The lowest BCUT2D eigenvalue weighted by molar-refractivity contribution is -0.120. The van der Waals surface area contributed by atoms with Crippen molar-refractivity contribution in [1.82, 2.24) is 9.29 Å². The first kappa shape index (κ1) is 22.2. The lowest BCUT2D eigenvalue weighted by Crippen LogP contribution is -2.41. The molecule has 0 atom stereocenters. The van der Waals surface area contributed by atoms with E-state index in [9.17, 15) is 26.8 Å². The number of piperidine rings is 1. The van der Waals surface area contributed by atoms with Crippen molar-refractivity contribution in [3.63, 3.8) is 0 Å². The van der Waals surface area contributed by atoms with E-state index in [0.29, 0.717) is 11.8 Å². The summed E-state index contributed by atoms with van der Waals surface area (Å²) >= 11 is 0.988. The Hall–Kier alpha value is -2.44. The number of hydrogen-bond acceptors (Lipinski definition) is 7. The van der Waals surface area contributed by atoms with Gasteiger partial charge in [0.25, 0.3) is 0 Å². The topological polar surface area (TPSA) is 106 Å². The molecule has 1 aliphatic heterocycles. The molecule has 8 nitrogen and oxygen atoms in total. The fourth-order valence-corrected chi connectivity index (χ4v) is 5.54. The van der Waals surface area contributed by atoms with Crippen LogP contribution in [0.4, 0.5) is 13.9 Å². The molecule has 1 amide bonds. The first-order valence-corrected chi connectivity index (χ1v) is 11.2. The zero-order chi connectivity index (χ0) is 22.1. The molecule has 1 aromatic heterocycles. The molecule has 0 aliphatic carbocycles. The lowest BCUT2D eigenvalue weighted by Gasteiger charge is -2.30. The zero-order valence-electron chi connectivity index (χ0n) is 16.1. The van der Waals surface area contributed by atoms with E-state index in [1.165, 1.54) is 7.11 Å². The Kier molecular flexibility index (Phi) is 6.48. The van der Waals surface area contributed by atoms with Crippen molar-refractivity contribution in [3.8, 4) is 0 Å². The van der Waals surface area contributed by atoms with Gasteiger partial charge in [-0.25, -0.2) is 27.0 Å². The molecule has 1 saturated heterocycles. The molecule has 3 rings (SSSR count). The lowest BCUT2D eigenvalue weighted by atomic mass is 9.97. The molecule has 2 heterocycles. The Morgan fingerprint density at radius 1 is 1.27 bits per heavy atom. The summed E-state index contributed by atoms with van der Waals surface area (Å²) in [5, 5.41) is 2.88. The molecule has 0 spiro atoms. The van der Waals surface area contributed by atoms with Gasteiger partial charge in [-0.2, -0.15) is 4.31 Å². The maximum Gasteiger partial charge on any atom is 0.350 e. The van der Waals surface area contributed by atoms with E-state index in [1.807, 2.05) is 0 Å². The summed E-state index contributed by atoms with van der Waals surface area (Å²) < 4.78 is 58.2. The average molecular weight is 459 g/mol. The summed E-state index contributed by atoms with van der Waals surface area (Å²) in [5.74, 6) is -3.27. The SMILES string of the molecule is COC(=O)c1sc(NC(=O)C2CCN(S(=O)(=O)c3cc(F)ccc3F)CC2)nc1C. The molecule has 2 aromatic rings. The van der Waals surface area contributed by atoms with Crippen LogP contribution in [0.15, 0.2) is 23.1 Å². The summed E-state index contributed by atoms with van der Waals surface area (Å²) in [7, 11) is -2.97. The fraction of sp³-hybridized carbons (Fsp3) is 0.389. The molecule has 162 valence electrons. The van der Waals surface area contributed by atoms with Crippen LogP contribution in [0.2, 0.25) is 0 Å². The van der Waals surface area contributed by atoms with E-state index in [4.69, 9.17) is 0 Å². The van der Waals surface area contributed by atoms with Gasteiger partial charge >= 0.3 is 5.97 Å². The van der Waals surface area contributed by atoms with Crippen LogP contribution in [-0.4, -0.2) is 49.8 Å². The van der Waals surface area contributed by atoms with E-state index in [2.05, 4.69) is 15.0 Å². The Morgan fingerprint density at radius 2 is 1.93 bits per heavy atom. The highest BCUT2D eigenvalue weighted by Crippen LogP contribution is 2.28. The smallest absolute Gasteiger partial charge is 0.350 e. The standard InChI is InChI=1S/C18H19F2N3O5S2/c1-10-15(17(25)28-2)29-18(21-10)22-16(24)11-5-7-23(8-6-11)30(26,27)14-9-12(19)3-4-13(14)20/h3-4,9,11H,5-8H2,1-2H3,(H,21,22,24). The number of nitrogens with zero attached hydrogens (tertiary/aromatic N) is 2. The molecular formula is C18H19F2N3O5S2. The number of benzene rings is 1. The van der Waals surface area contributed by atoms with Gasteiger partial charge in [0, 0.05) is 19.0 Å². The number of methoxy groups -OCH3 is 1. The molecule has 0 radical (unpaired) electrons. The Bertz CT molecular complexity index is 1080. The van der Waals surface area contributed by atoms with Crippen molar-refractivity contribution in [1.29, 1.82) is 0 Å². The number of halogens is 2. The van der Waals surface area contributed by atoms with Gasteiger partial charge in [0.2, 0.25) is 15.9 Å². The predicted molar refractivity (Wildman–Crippen MR) is 105 cm³/mol. The number of rotatable bonds is 5. The van der Waals surface area contributed by atoms with Crippen LogP contribution in [-0.2, 0) is 19.6 Å². The molecule has 1 aliphatic rings. The van der Waals surface area contributed by atoms with Gasteiger partial charge in [-0.1, -0.05) is 11.3 Å². The van der Waals surface area contributed by atoms with Crippen LogP contribution < -0.4 is 5.32 Å². The van der Waals surface area contributed by atoms with E-state index in [-0.39, 0.29) is 41.8 Å². The second-order valence-electron chi connectivity index (χ2n) is 6.67. The highest BCUT2D eigenvalue weighted by atomic mass is 32.2. The zero-order valence-corrected chi connectivity index (χ0v) is 17.8. The summed E-state index contributed by atoms with van der Waals surface area (Å²) in [5.41, 5.74) is 0.431. The van der Waals surface area contributed by atoms with Gasteiger partial charge < -0.3 is 10.1 Å². The van der Waals surface area contributed by atoms with E-state index < -0.39 is 38.4 Å². The first-order valence-electron chi connectivity index (χ1n) is 8.95. The highest BCUT2D eigenvalue weighted by Gasteiger charge is 2.34. The maximum absolute atomic E-state index is 13.9. The van der Waals surface area contributed by atoms with Crippen LogP contribution >= 0.6 is 11.3 Å². The van der Waals surface area contributed by atoms with Crippen molar-refractivity contribution in [2.24, 2.45) is 5.92 Å². The number of carbonyl (C=O) groups is 2. The van der Waals surface area contributed by atoms with Gasteiger partial charge in [-0.3, -0.25) is 4.79 Å². The molecule has 0 unspecified atom stereocenters. The van der Waals surface area contributed by atoms with Crippen LogP contribution in [0.3, 0.4) is 0 Å². The second-order valence-corrected chi connectivity index (χ2v) is 9.57. The number of hydrogen-bond donors (Lipinski definition) is 1. The Morgan fingerprint density at radius 3 is 2.57 bits per heavy atom. The quantitative estimate of drug-likeness (QED) is 0.689. The minimum Gasteiger partial charge on any atom is -0.465 e. The number of aromatic nitrogens is 1. The highest BCUT2D eigenvalue weighted by molar-refractivity contribution is 7.89. The third-order valence-electron chi connectivity index (χ3n) is 4.73. The molecular weight excluding hydrogens is 440 g/mol. The normalized spacial score (nSPS) is 15.7. The fourth-order valence-electron chi connectivity index (χ4n) is 3.11. The van der Waals surface area contributed by atoms with Gasteiger partial charge in [0.05, 0.1) is 12.8 Å². The molecule has 0 bridgehead atoms. The summed E-state index contributed by atoms with van der Waals surface area (Å²) in [6.45, 7) is 1.59. The number of carbonyl (C=O) groups excluding carboxylic acids is 2. The van der Waals surface area contributed by atoms with Gasteiger partial charge in [0.15, 0.2) is 5.13 Å². The molecule has 1 fully saturated rings. The van der Waals surface area contributed by atoms with Gasteiger partial charge in [-0.05, 0) is 38.0 Å². The number of aryl methyl sites for hydroxylation is 1. The molecule has 0 saturated carbocycles. The summed E-state index contributed by atoms with van der Waals surface area (Å²) in [6, 6.07) is 2.25. The minimum absolute atomic E-state index is 0.0132. The predicted octanol–water partition coefficient (Wildman–Crippen LogP) is 2.56. The van der Waals surface area contributed by atoms with Gasteiger partial charge in [0.1, 0.15) is 21.4 Å². The summed E-state index contributed by atoms with van der Waals surface area (Å²) in [4.78, 5) is 27.9. The second kappa shape index (κ2) is 8.74. The van der Waals surface area contributed by atoms with Crippen molar-refractivity contribution in [2.75, 3.05) is 25.5 Å². The molecule has 1 aromatic carbocycles. The minimum atomic E-state index is -4.21. The first-order chi connectivity index (χ1) is 14.1. The van der Waals surface area contributed by atoms with Crippen molar-refractivity contribution < 1.29 is 31.5 Å². The van der Waals surface area contributed by atoms with E-state index >= 15 is 0 Å². The number of amides is 1. The van der Waals surface area contributed by atoms with Crippen LogP contribution in [0, 0.1) is 24.5 Å². The van der Waals surface area contributed by atoms with E-state index in [1.54, 1.807) is 6.92 Å². The number of ether oxygens (including phenoxy) is 1. The van der Waals surface area contributed by atoms with Crippen molar-refractivity contribution in [2.45, 2.75) is 24.7 Å². The van der Waals surface area contributed by atoms with Crippen LogP contribution in [0.25, 0.3) is 0 Å². The number of esters is 1. The number of sulfonamides is 1. The monoisotopic (exact) mass is 459 g/mol. The van der Waals surface area contributed by atoms with Crippen molar-refractivity contribution >= 4 is 38.4 Å². The Labute approximate surface area is 175 Å². The number of nitrogens with one attached hydrogen (secondary N) is 1. The van der Waals surface area contributed by atoms with Gasteiger partial charge in [-0.15, -0.1) is 0 Å². The number of thiazole rings is 1. The Balaban J connectivity index is 1.64. The van der Waals surface area contributed by atoms with Crippen molar-refractivity contribution in [3.05, 3.63) is 40.4 Å². The third-order valence-corrected chi connectivity index (χ3v) is 7.70. The molecule has 12 heteroatoms. The number of anilines is 1. The molecule has 1 N–H and O–H groups in total. The summed E-state index contributed by atoms with van der Waals surface area (Å²) in [6.07, 6.45) is 0.409. The molecule has 30 heavy (non-hydrogen) atoms. The van der Waals surface area contributed by atoms with Crippen LogP contribution in [0.5, 0.6) is 0 Å². The largest absolute Gasteiger partial charge is 0.465 e. The van der Waals surface area contributed by atoms with E-state index in [0.717, 1.165) is 27.8 Å².